The maximum absolute atomic E-state index is 12.6. The molecular weight excluding hydrogens is 410 g/mol. The minimum Gasteiger partial charge on any atom is -0.492 e. The lowest BCUT2D eigenvalue weighted by atomic mass is 10.1. The van der Waals surface area contributed by atoms with Gasteiger partial charge in [0.05, 0.1) is 23.6 Å². The summed E-state index contributed by atoms with van der Waals surface area (Å²) in [6.45, 7) is 7.30. The van der Waals surface area contributed by atoms with Gasteiger partial charge >= 0.3 is 0 Å². The first-order valence-electron chi connectivity index (χ1n) is 11.5. The molecule has 0 bridgehead atoms. The number of aromatic nitrogens is 2. The minimum absolute atomic E-state index is 0.0245. The van der Waals surface area contributed by atoms with E-state index in [9.17, 15) is 4.79 Å². The molecule has 1 atom stereocenters. The lowest BCUT2D eigenvalue weighted by molar-refractivity contribution is -0.121. The summed E-state index contributed by atoms with van der Waals surface area (Å²) in [7, 11) is 0. The number of carbonyl (C=O) groups excluding carboxylic acids is 1. The van der Waals surface area contributed by atoms with Crippen molar-refractivity contribution in [3.8, 4) is 5.75 Å². The van der Waals surface area contributed by atoms with Crippen LogP contribution in [0.5, 0.6) is 5.75 Å². The fourth-order valence-corrected chi connectivity index (χ4v) is 4.21. The number of benzene rings is 3. The lowest BCUT2D eigenvalue weighted by Crippen LogP contribution is -2.29. The second-order valence-electron chi connectivity index (χ2n) is 8.56. The van der Waals surface area contributed by atoms with Crippen LogP contribution in [0.4, 0.5) is 0 Å². The standard InChI is InChI=1S/C28H31N3O2/c1-20-17-21(2)19-24(18-20)33-16-15-31-26-12-8-7-11-25(26)30-28(31)22(3)29-27(32)14-13-23-9-5-4-6-10-23/h4-12,17-19,22H,13-16H2,1-3H3,(H,29,32). The number of nitrogens with zero attached hydrogens (tertiary/aromatic N) is 2. The molecule has 0 radical (unpaired) electrons. The first-order chi connectivity index (χ1) is 16.0. The Kier molecular flexibility index (Phi) is 7.08. The SMILES string of the molecule is Cc1cc(C)cc(OCCn2c(C(C)NC(=O)CCc3ccccc3)nc3ccccc32)c1. The van der Waals surface area contributed by atoms with Crippen molar-refractivity contribution in [1.29, 1.82) is 0 Å². The van der Waals surface area contributed by atoms with E-state index in [0.29, 0.717) is 19.6 Å². The van der Waals surface area contributed by atoms with E-state index in [1.54, 1.807) is 0 Å². The van der Waals surface area contributed by atoms with Gasteiger partial charge in [0.2, 0.25) is 5.91 Å². The molecule has 3 aromatic carbocycles. The van der Waals surface area contributed by atoms with Crippen LogP contribution in [-0.2, 0) is 17.8 Å². The Morgan fingerprint density at radius 3 is 2.45 bits per heavy atom. The van der Waals surface area contributed by atoms with Crippen molar-refractivity contribution in [3.63, 3.8) is 0 Å². The predicted octanol–water partition coefficient (Wildman–Crippen LogP) is 5.54. The largest absolute Gasteiger partial charge is 0.492 e. The number of ether oxygens (including phenoxy) is 1. The van der Waals surface area contributed by atoms with Gasteiger partial charge in [-0.2, -0.15) is 0 Å². The average molecular weight is 442 g/mol. The summed E-state index contributed by atoms with van der Waals surface area (Å²) < 4.78 is 8.21. The minimum atomic E-state index is -0.207. The van der Waals surface area contributed by atoms with E-state index in [1.807, 2.05) is 55.5 Å². The van der Waals surface area contributed by atoms with Gasteiger partial charge in [0.15, 0.2) is 0 Å². The molecule has 0 saturated heterocycles. The second kappa shape index (κ2) is 10.3. The molecule has 1 N–H and O–H groups in total. The van der Waals surface area contributed by atoms with E-state index < -0.39 is 0 Å². The van der Waals surface area contributed by atoms with Gasteiger partial charge in [0.25, 0.3) is 0 Å². The Morgan fingerprint density at radius 2 is 1.70 bits per heavy atom. The van der Waals surface area contributed by atoms with Crippen LogP contribution in [-0.4, -0.2) is 22.1 Å². The number of para-hydroxylation sites is 2. The lowest BCUT2D eigenvalue weighted by Gasteiger charge is -2.17. The molecule has 1 amide bonds. The van der Waals surface area contributed by atoms with E-state index >= 15 is 0 Å². The molecule has 1 aromatic heterocycles. The van der Waals surface area contributed by atoms with E-state index in [1.165, 1.54) is 11.1 Å². The monoisotopic (exact) mass is 441 g/mol. The molecule has 170 valence electrons. The van der Waals surface area contributed by atoms with Gasteiger partial charge in [-0.25, -0.2) is 4.98 Å². The van der Waals surface area contributed by atoms with Gasteiger partial charge in [-0.05, 0) is 68.1 Å². The fraction of sp³-hybridized carbons (Fsp3) is 0.286. The van der Waals surface area contributed by atoms with Gasteiger partial charge in [0, 0.05) is 6.42 Å². The third kappa shape index (κ3) is 5.80. The van der Waals surface area contributed by atoms with Gasteiger partial charge in [0.1, 0.15) is 18.2 Å². The Hall–Kier alpha value is -3.60. The van der Waals surface area contributed by atoms with Crippen molar-refractivity contribution in [3.05, 3.63) is 95.3 Å². The van der Waals surface area contributed by atoms with Crippen LogP contribution in [0.15, 0.2) is 72.8 Å². The van der Waals surface area contributed by atoms with E-state index in [0.717, 1.165) is 34.6 Å². The van der Waals surface area contributed by atoms with Crippen molar-refractivity contribution < 1.29 is 9.53 Å². The maximum atomic E-state index is 12.6. The number of nitrogens with one attached hydrogen (secondary N) is 1. The van der Waals surface area contributed by atoms with Gasteiger partial charge < -0.3 is 14.6 Å². The number of amides is 1. The van der Waals surface area contributed by atoms with E-state index in [-0.39, 0.29) is 11.9 Å². The first kappa shape index (κ1) is 22.6. The molecule has 0 aliphatic carbocycles. The Balaban J connectivity index is 1.45. The molecule has 0 saturated carbocycles. The smallest absolute Gasteiger partial charge is 0.220 e. The molecule has 5 nitrogen and oxygen atoms in total. The van der Waals surface area contributed by atoms with Crippen molar-refractivity contribution >= 4 is 16.9 Å². The first-order valence-corrected chi connectivity index (χ1v) is 11.5. The molecule has 0 fully saturated rings. The number of hydrogen-bond acceptors (Lipinski definition) is 3. The molecule has 4 aromatic rings. The van der Waals surface area contributed by atoms with Crippen molar-refractivity contribution in [1.82, 2.24) is 14.9 Å². The normalized spacial score (nSPS) is 12.0. The summed E-state index contributed by atoms with van der Waals surface area (Å²) in [5, 5.41) is 3.13. The Morgan fingerprint density at radius 1 is 1.00 bits per heavy atom. The number of imidazole rings is 1. The quantitative estimate of drug-likeness (QED) is 0.371. The third-order valence-electron chi connectivity index (χ3n) is 5.71. The van der Waals surface area contributed by atoms with Gasteiger partial charge in [-0.1, -0.05) is 48.5 Å². The predicted molar refractivity (Wildman–Crippen MR) is 132 cm³/mol. The van der Waals surface area contributed by atoms with Gasteiger partial charge in [-0.3, -0.25) is 4.79 Å². The van der Waals surface area contributed by atoms with Crippen LogP contribution >= 0.6 is 0 Å². The highest BCUT2D eigenvalue weighted by Gasteiger charge is 2.18. The Bertz CT molecular complexity index is 1210. The number of hydrogen-bond donors (Lipinski definition) is 1. The molecule has 5 heteroatoms. The zero-order valence-electron chi connectivity index (χ0n) is 19.5. The van der Waals surface area contributed by atoms with Crippen LogP contribution < -0.4 is 10.1 Å². The van der Waals surface area contributed by atoms with Crippen LogP contribution in [0.3, 0.4) is 0 Å². The summed E-state index contributed by atoms with van der Waals surface area (Å²) >= 11 is 0. The van der Waals surface area contributed by atoms with Crippen molar-refractivity contribution in [2.45, 2.75) is 46.2 Å². The molecule has 1 heterocycles. The molecule has 0 spiro atoms. The van der Waals surface area contributed by atoms with E-state index in [2.05, 4.69) is 48.0 Å². The van der Waals surface area contributed by atoms with Gasteiger partial charge in [-0.15, -0.1) is 0 Å². The summed E-state index contributed by atoms with van der Waals surface area (Å²) in [6, 6.07) is 24.2. The zero-order valence-corrected chi connectivity index (χ0v) is 19.5. The summed E-state index contributed by atoms with van der Waals surface area (Å²) in [5.74, 6) is 1.74. The number of rotatable bonds is 9. The van der Waals surface area contributed by atoms with Crippen LogP contribution in [0, 0.1) is 13.8 Å². The summed E-state index contributed by atoms with van der Waals surface area (Å²) in [5.41, 5.74) is 5.50. The molecule has 0 aliphatic heterocycles. The fourth-order valence-electron chi connectivity index (χ4n) is 4.21. The number of aryl methyl sites for hydroxylation is 3. The topological polar surface area (TPSA) is 56.1 Å². The highest BCUT2D eigenvalue weighted by Crippen LogP contribution is 2.22. The molecule has 33 heavy (non-hydrogen) atoms. The number of carbonyl (C=O) groups is 1. The second-order valence-corrected chi connectivity index (χ2v) is 8.56. The third-order valence-corrected chi connectivity index (χ3v) is 5.71. The van der Waals surface area contributed by atoms with Crippen molar-refractivity contribution in [2.75, 3.05) is 6.61 Å². The summed E-state index contributed by atoms with van der Waals surface area (Å²) in [4.78, 5) is 17.4. The maximum Gasteiger partial charge on any atom is 0.220 e. The molecule has 0 aliphatic rings. The van der Waals surface area contributed by atoms with Crippen LogP contribution in [0.25, 0.3) is 11.0 Å². The molecular formula is C28H31N3O2. The zero-order chi connectivity index (χ0) is 23.2. The molecule has 1 unspecified atom stereocenters. The highest BCUT2D eigenvalue weighted by molar-refractivity contribution is 5.78. The Labute approximate surface area is 195 Å². The van der Waals surface area contributed by atoms with Crippen molar-refractivity contribution in [2.24, 2.45) is 0 Å². The van der Waals surface area contributed by atoms with Crippen LogP contribution in [0.1, 0.15) is 41.9 Å². The highest BCUT2D eigenvalue weighted by atomic mass is 16.5. The molecule has 4 rings (SSSR count). The van der Waals surface area contributed by atoms with Crippen LogP contribution in [0.2, 0.25) is 0 Å². The number of fused-ring (bicyclic) bond motifs is 1. The average Bonchev–Trinajstić information content (AvgIpc) is 3.17. The van der Waals surface area contributed by atoms with E-state index in [4.69, 9.17) is 9.72 Å². The summed E-state index contributed by atoms with van der Waals surface area (Å²) in [6.07, 6.45) is 1.17.